The van der Waals surface area contributed by atoms with Crippen LogP contribution >= 0.6 is 26.1 Å². The van der Waals surface area contributed by atoms with Crippen molar-refractivity contribution in [2.45, 2.75) is 0 Å². The molecule has 0 unspecified atom stereocenters. The monoisotopic (exact) mass is 200 g/mol. The van der Waals surface area contributed by atoms with Gasteiger partial charge in [-0.25, -0.2) is 0 Å². The van der Waals surface area contributed by atoms with E-state index in [0.29, 0.717) is 0 Å². The first-order valence-corrected chi connectivity index (χ1v) is 3.29. The standard InChI is InChI=1S/B.3HO2P/c;3*1-3-2/h;3*(H,1,2)/q+3;;;/p-3. The first-order valence-electron chi connectivity index (χ1n) is 1.10. The molecule has 0 saturated heterocycles. The van der Waals surface area contributed by atoms with Gasteiger partial charge in [-0.2, -0.15) is 0 Å². The minimum Gasteiger partial charge on any atom is -0.772 e. The summed E-state index contributed by atoms with van der Waals surface area (Å²) in [7, 11) is -3.25. The van der Waals surface area contributed by atoms with Gasteiger partial charge in [0.1, 0.15) is 0 Å². The van der Waals surface area contributed by atoms with Crippen molar-refractivity contribution in [2.75, 3.05) is 0 Å². The van der Waals surface area contributed by atoms with Gasteiger partial charge in [-0.1, -0.05) is 0 Å². The van der Waals surface area contributed by atoms with Crippen LogP contribution in [-0.2, 0) is 13.7 Å². The summed E-state index contributed by atoms with van der Waals surface area (Å²) in [6.45, 7) is 0. The molecule has 0 heterocycles. The summed E-state index contributed by atoms with van der Waals surface area (Å²) in [5.41, 5.74) is 0. The van der Waals surface area contributed by atoms with Crippen LogP contribution in [0.1, 0.15) is 0 Å². The van der Waals surface area contributed by atoms with Crippen molar-refractivity contribution < 1.29 is 28.4 Å². The second kappa shape index (κ2) is 59.7. The summed E-state index contributed by atoms with van der Waals surface area (Å²) in [4.78, 5) is 25.0. The van der Waals surface area contributed by atoms with Gasteiger partial charge in [0, 0.05) is 0 Å². The van der Waals surface area contributed by atoms with Crippen LogP contribution in [0.2, 0.25) is 0 Å². The molecule has 0 N–H and O–H groups in total. The molecule has 0 aromatic heterocycles. The minimum absolute atomic E-state index is 0. The van der Waals surface area contributed by atoms with E-state index >= 15 is 0 Å². The predicted octanol–water partition coefficient (Wildman–Crippen LogP) is -1.72. The first kappa shape index (κ1) is 22.5. The van der Waals surface area contributed by atoms with E-state index in [1.165, 1.54) is 0 Å². The normalized spacial score (nSPS) is 6.30. The van der Waals surface area contributed by atoms with E-state index in [4.69, 9.17) is 28.4 Å². The molecule has 0 amide bonds. The van der Waals surface area contributed by atoms with Crippen LogP contribution in [0.5, 0.6) is 0 Å². The molecule has 10 heavy (non-hydrogen) atoms. The fourth-order valence-electron chi connectivity index (χ4n) is 0. The molecule has 6 nitrogen and oxygen atoms in total. The number of rotatable bonds is 0. The molecule has 0 aliphatic carbocycles. The van der Waals surface area contributed by atoms with Crippen molar-refractivity contribution >= 4 is 34.5 Å². The Morgan fingerprint density at radius 3 is 0.700 bits per heavy atom. The predicted molar refractivity (Wildman–Crippen MR) is 28.6 cm³/mol. The van der Waals surface area contributed by atoms with Gasteiger partial charge < -0.3 is 14.7 Å². The fraction of sp³-hybridized carbons (Fsp3) is 0. The van der Waals surface area contributed by atoms with E-state index in [1.54, 1.807) is 0 Å². The topological polar surface area (TPSA) is 120 Å². The Morgan fingerprint density at radius 2 is 0.700 bits per heavy atom. The molecule has 0 aliphatic heterocycles. The smallest absolute Gasteiger partial charge is 0.772 e. The third-order valence-corrected chi connectivity index (χ3v) is 0. The van der Waals surface area contributed by atoms with Gasteiger partial charge in [0.05, 0.1) is 26.1 Å². The van der Waals surface area contributed by atoms with E-state index < -0.39 is 26.1 Å². The van der Waals surface area contributed by atoms with Crippen LogP contribution < -0.4 is 14.7 Å². The maximum atomic E-state index is 8.35. The number of hydrogen-bond acceptors (Lipinski definition) is 6. The van der Waals surface area contributed by atoms with Crippen LogP contribution in [0.3, 0.4) is 0 Å². The van der Waals surface area contributed by atoms with E-state index in [1.807, 2.05) is 0 Å². The molecule has 0 fully saturated rings. The van der Waals surface area contributed by atoms with Crippen LogP contribution in [-0.4, -0.2) is 8.41 Å². The summed E-state index contributed by atoms with van der Waals surface area (Å²) in [5.74, 6) is 0. The molecule has 0 radical (unpaired) electrons. The number of hydrogen-bond donors (Lipinski definition) is 0. The van der Waals surface area contributed by atoms with E-state index in [2.05, 4.69) is 0 Å². The van der Waals surface area contributed by atoms with Gasteiger partial charge in [0.15, 0.2) is 0 Å². The molecular weight excluding hydrogens is 200 g/mol. The summed E-state index contributed by atoms with van der Waals surface area (Å²) >= 11 is 0. The van der Waals surface area contributed by atoms with Gasteiger partial charge in [-0.3, -0.25) is 13.7 Å². The third-order valence-electron chi connectivity index (χ3n) is 0. The Kier molecular flexibility index (Phi) is 134. The molecule has 54 valence electrons. The third kappa shape index (κ3) is 7210. The summed E-state index contributed by atoms with van der Waals surface area (Å²) in [5, 5.41) is 0. The van der Waals surface area contributed by atoms with Gasteiger partial charge in [0.2, 0.25) is 0 Å². The Bertz CT molecular complexity index is 49.7. The Balaban J connectivity index is -0.0000000257. The quantitative estimate of drug-likeness (QED) is 0.338. The average molecular weight is 200 g/mol. The maximum absolute atomic E-state index is 8.35. The molecule has 0 aromatic rings. The average Bonchev–Trinajstić information content (AvgIpc) is 1.70. The van der Waals surface area contributed by atoms with E-state index in [-0.39, 0.29) is 8.41 Å². The second-order valence-corrected chi connectivity index (χ2v) is 0.671. The van der Waals surface area contributed by atoms with Crippen molar-refractivity contribution in [3.8, 4) is 0 Å². The Labute approximate surface area is 63.7 Å². The molecule has 10 heteroatoms. The largest absolute Gasteiger partial charge is 3.00 e. The van der Waals surface area contributed by atoms with Crippen molar-refractivity contribution in [3.63, 3.8) is 0 Å². The molecule has 0 bridgehead atoms. The van der Waals surface area contributed by atoms with Gasteiger partial charge >= 0.3 is 8.41 Å². The zero-order valence-corrected chi connectivity index (χ0v) is 7.05. The molecule has 0 spiro atoms. The van der Waals surface area contributed by atoms with Crippen molar-refractivity contribution in [2.24, 2.45) is 0 Å². The van der Waals surface area contributed by atoms with E-state index in [0.717, 1.165) is 0 Å². The van der Waals surface area contributed by atoms with Crippen molar-refractivity contribution in [1.82, 2.24) is 0 Å². The Hall–Kier alpha value is 0.245. The molecule has 0 saturated carbocycles. The van der Waals surface area contributed by atoms with Gasteiger partial charge in [-0.05, 0) is 0 Å². The van der Waals surface area contributed by atoms with Crippen LogP contribution in [0.25, 0.3) is 0 Å². The minimum atomic E-state index is -1.08. The van der Waals surface area contributed by atoms with Gasteiger partial charge in [0.25, 0.3) is 0 Å². The fourth-order valence-corrected chi connectivity index (χ4v) is 0. The zero-order chi connectivity index (χ0) is 8.12. The van der Waals surface area contributed by atoms with Crippen molar-refractivity contribution in [3.05, 3.63) is 0 Å². The zero-order valence-electron chi connectivity index (χ0n) is 4.37. The molecule has 0 atom stereocenters. The van der Waals surface area contributed by atoms with E-state index in [9.17, 15) is 0 Å². The summed E-state index contributed by atoms with van der Waals surface area (Å²) in [6.07, 6.45) is 0. The van der Waals surface area contributed by atoms with Crippen molar-refractivity contribution in [1.29, 1.82) is 0 Å². The molecule has 0 aromatic carbocycles. The van der Waals surface area contributed by atoms with Crippen LogP contribution in [0, 0.1) is 0 Å². The second-order valence-electron chi connectivity index (χ2n) is 0.224. The first-order chi connectivity index (χ1) is 4.24. The SMILES string of the molecule is O=P[O-].O=P[O-].O=P[O-].[B+3]. The molecule has 0 aliphatic rings. The maximum Gasteiger partial charge on any atom is 3.00 e. The molecular formula is BO6P3. The van der Waals surface area contributed by atoms with Crippen LogP contribution in [0.4, 0.5) is 0 Å². The van der Waals surface area contributed by atoms with Crippen LogP contribution in [0.15, 0.2) is 0 Å². The molecule has 0 rings (SSSR count). The van der Waals surface area contributed by atoms with Gasteiger partial charge in [-0.15, -0.1) is 0 Å². The summed E-state index contributed by atoms with van der Waals surface area (Å²) in [6, 6.07) is 0. The summed E-state index contributed by atoms with van der Waals surface area (Å²) < 4.78 is 25.0. The Morgan fingerprint density at radius 1 is 0.700 bits per heavy atom.